The molecular formula is C47H85N7O17. The van der Waals surface area contributed by atoms with Gasteiger partial charge in [-0.25, -0.2) is 19.2 Å². The van der Waals surface area contributed by atoms with E-state index >= 15 is 0 Å². The van der Waals surface area contributed by atoms with E-state index in [0.29, 0.717) is 18.8 Å². The van der Waals surface area contributed by atoms with Crippen molar-refractivity contribution in [2.75, 3.05) is 39.8 Å². The van der Waals surface area contributed by atoms with Crippen molar-refractivity contribution in [3.05, 3.63) is 11.8 Å². The highest BCUT2D eigenvalue weighted by atomic mass is 16.7. The number of ether oxygens (including phenoxy) is 8. The fourth-order valence-corrected chi connectivity index (χ4v) is 7.88. The van der Waals surface area contributed by atoms with Gasteiger partial charge in [-0.2, -0.15) is 0 Å². The number of aliphatic hydroxyl groups excluding tert-OH is 3. The molecule has 2 aliphatic heterocycles. The summed E-state index contributed by atoms with van der Waals surface area (Å²) in [4.78, 5) is 67.2. The van der Waals surface area contributed by atoms with Crippen LogP contribution in [-0.4, -0.2) is 191 Å². The fourth-order valence-electron chi connectivity index (χ4n) is 7.88. The summed E-state index contributed by atoms with van der Waals surface area (Å²) in [5, 5.41) is 61.0. The van der Waals surface area contributed by atoms with E-state index in [1.807, 2.05) is 0 Å². The number of hydrogen-bond acceptors (Lipinski definition) is 19. The Morgan fingerprint density at radius 2 is 1.28 bits per heavy atom. The molecule has 0 unspecified atom stereocenters. The minimum Gasteiger partial charge on any atom is -0.466 e. The minimum absolute atomic E-state index is 0.171. The van der Waals surface area contributed by atoms with Crippen LogP contribution in [0.5, 0.6) is 0 Å². The van der Waals surface area contributed by atoms with Crippen LogP contribution in [0.25, 0.3) is 0 Å². The number of hydrogen-bond donors (Lipinski definition) is 10. The molecule has 0 bridgehead atoms. The number of unbranched alkanes of at least 4 members (excludes halogenated alkanes) is 1. The highest BCUT2D eigenvalue weighted by Gasteiger charge is 2.55. The summed E-state index contributed by atoms with van der Waals surface area (Å²) in [6.07, 6.45) is -12.1. The van der Waals surface area contributed by atoms with Crippen molar-refractivity contribution in [2.45, 2.75) is 217 Å². The molecule has 5 amide bonds. The minimum atomic E-state index is -1.88. The molecule has 410 valence electrons. The van der Waals surface area contributed by atoms with Crippen molar-refractivity contribution in [2.24, 2.45) is 5.73 Å². The van der Waals surface area contributed by atoms with Gasteiger partial charge in [0.2, 0.25) is 12.2 Å². The second-order valence-electron chi connectivity index (χ2n) is 22.4. The van der Waals surface area contributed by atoms with Gasteiger partial charge in [-0.1, -0.05) is 0 Å². The number of rotatable bonds is 18. The van der Waals surface area contributed by atoms with E-state index in [9.17, 15) is 44.4 Å². The Balaban J connectivity index is 2.10. The van der Waals surface area contributed by atoms with Gasteiger partial charge in [-0.15, -0.1) is 0 Å². The maximum absolute atomic E-state index is 13.8. The molecule has 11 N–H and O–H groups in total. The second-order valence-corrected chi connectivity index (χ2v) is 22.4. The fraction of sp³-hybridized carbons (Fsp3) is 0.851. The van der Waals surface area contributed by atoms with Crippen LogP contribution in [0.4, 0.5) is 19.2 Å². The molecule has 2 heterocycles. The summed E-state index contributed by atoms with van der Waals surface area (Å²) in [5.74, 6) is -0.537. The molecule has 24 nitrogen and oxygen atoms in total. The van der Waals surface area contributed by atoms with Crippen molar-refractivity contribution >= 4 is 30.3 Å². The Kier molecular flexibility index (Phi) is 22.0. The first-order valence-corrected chi connectivity index (χ1v) is 24.3. The SMILES string of the molecule is CN(C(=O)OC(C)(C)C)[C@@H]1[C@@H](O)[C@@H](O[C@@H]2[C@@H](O)[C@H](O[C@H]3OC(CNCCCCN)=CC[C@H]3NC(=O)OC(C)(C)C)[C@@H](NC(=O)OC(C)(C)C)C[C@H]2NC(=O)[C@@H](O)CCNC(=O)OC(C)(C)C)OC[C@]1(C)O. The van der Waals surface area contributed by atoms with Crippen LogP contribution < -0.4 is 32.3 Å². The van der Waals surface area contributed by atoms with E-state index in [1.54, 1.807) is 89.2 Å². The molecule has 0 spiro atoms. The third-order valence-corrected chi connectivity index (χ3v) is 10.9. The van der Waals surface area contributed by atoms with E-state index in [-0.39, 0.29) is 32.4 Å². The zero-order valence-electron chi connectivity index (χ0n) is 44.1. The first-order chi connectivity index (χ1) is 32.6. The molecule has 3 aliphatic rings. The zero-order chi connectivity index (χ0) is 53.9. The Morgan fingerprint density at radius 3 is 1.83 bits per heavy atom. The predicted molar refractivity (Wildman–Crippen MR) is 256 cm³/mol. The molecule has 3 rings (SSSR count). The smallest absolute Gasteiger partial charge is 0.410 e. The third kappa shape index (κ3) is 20.6. The summed E-state index contributed by atoms with van der Waals surface area (Å²) in [6.45, 7) is 22.0. The maximum atomic E-state index is 13.8. The van der Waals surface area contributed by atoms with Crippen LogP contribution in [0.15, 0.2) is 11.8 Å². The van der Waals surface area contributed by atoms with Crippen molar-refractivity contribution in [1.29, 1.82) is 0 Å². The number of nitrogens with one attached hydrogen (secondary N) is 5. The lowest BCUT2D eigenvalue weighted by atomic mass is 9.82. The quantitative estimate of drug-likeness (QED) is 0.0690. The number of aliphatic hydroxyl groups is 4. The largest absolute Gasteiger partial charge is 0.466 e. The summed E-state index contributed by atoms with van der Waals surface area (Å²) < 4.78 is 47.2. The number of alkyl carbamates (subject to hydrolysis) is 3. The zero-order valence-corrected chi connectivity index (χ0v) is 44.1. The topological polar surface area (TPSA) is 330 Å². The van der Waals surface area contributed by atoms with Gasteiger partial charge in [0.05, 0.1) is 37.3 Å². The first kappa shape index (κ1) is 61.0. The van der Waals surface area contributed by atoms with Gasteiger partial charge >= 0.3 is 24.4 Å². The van der Waals surface area contributed by atoms with Crippen molar-refractivity contribution in [3.63, 3.8) is 0 Å². The summed E-state index contributed by atoms with van der Waals surface area (Å²) >= 11 is 0. The van der Waals surface area contributed by atoms with Crippen molar-refractivity contribution in [3.8, 4) is 0 Å². The number of likely N-dealkylation sites (N-methyl/N-ethyl adjacent to an activating group) is 1. The average molecular weight is 1020 g/mol. The van der Waals surface area contributed by atoms with Crippen LogP contribution in [0.1, 0.15) is 122 Å². The van der Waals surface area contributed by atoms with E-state index < -0.39 is 132 Å². The van der Waals surface area contributed by atoms with Gasteiger partial charge in [-0.3, -0.25) is 4.79 Å². The molecule has 0 aromatic heterocycles. The van der Waals surface area contributed by atoms with E-state index in [4.69, 9.17) is 43.6 Å². The molecule has 71 heavy (non-hydrogen) atoms. The monoisotopic (exact) mass is 1020 g/mol. The van der Waals surface area contributed by atoms with E-state index in [0.717, 1.165) is 17.7 Å². The van der Waals surface area contributed by atoms with Crippen LogP contribution in [0.2, 0.25) is 0 Å². The second kappa shape index (κ2) is 25.6. The van der Waals surface area contributed by atoms with Crippen LogP contribution in [0.3, 0.4) is 0 Å². The Labute approximate surface area is 418 Å². The summed E-state index contributed by atoms with van der Waals surface area (Å²) in [5.41, 5.74) is 0.176. The van der Waals surface area contributed by atoms with Gasteiger partial charge < -0.3 is 95.5 Å². The van der Waals surface area contributed by atoms with Gasteiger partial charge in [0.25, 0.3) is 0 Å². The van der Waals surface area contributed by atoms with E-state index in [2.05, 4.69) is 26.6 Å². The van der Waals surface area contributed by atoms with E-state index in [1.165, 1.54) is 14.0 Å². The Bertz CT molecular complexity index is 1790. The Hall–Kier alpha value is -4.27. The molecule has 12 atom stereocenters. The molecule has 1 saturated heterocycles. The molecule has 24 heteroatoms. The maximum Gasteiger partial charge on any atom is 0.410 e. The molecule has 0 radical (unpaired) electrons. The van der Waals surface area contributed by atoms with Gasteiger partial charge in [-0.05, 0) is 141 Å². The molecule has 0 aromatic carbocycles. The molecule has 1 aliphatic carbocycles. The molecule has 2 fully saturated rings. The molecule has 0 aromatic rings. The highest BCUT2D eigenvalue weighted by Crippen LogP contribution is 2.35. The van der Waals surface area contributed by atoms with Crippen LogP contribution >= 0.6 is 0 Å². The summed E-state index contributed by atoms with van der Waals surface area (Å²) in [6, 6.07) is -4.92. The standard InChI is InChI=1S/C47H85N7O17/c1-43(2,3)68-39(59)50-22-19-30(55)36(58)51-28-23-29(53-41(61)70-45(7,8)9)34(66-37-27(52-40(60)69-44(4,5)6)18-17-26(65-37)24-49-21-16-15-20-48)31(56)33(28)67-38-32(57)35(47(13,63)25-64-38)54(14)42(62)71-46(10,11)12/h17,27-35,37-38,49,55-57,63H,15-16,18-25,48H2,1-14H3,(H,50,59)(H,51,58)(H,52,60)(H,53,61)/t27-,28-,29+,30+,31-,32-,33+,34-,35-,37-,38-,47+/m1/s1. The lowest BCUT2D eigenvalue weighted by molar-refractivity contribution is -0.311. The lowest BCUT2D eigenvalue weighted by Crippen LogP contribution is -2.71. The predicted octanol–water partition coefficient (Wildman–Crippen LogP) is 1.73. The van der Waals surface area contributed by atoms with Gasteiger partial charge in [0, 0.05) is 13.6 Å². The van der Waals surface area contributed by atoms with Crippen LogP contribution in [0, 0.1) is 0 Å². The van der Waals surface area contributed by atoms with Gasteiger partial charge in [0.1, 0.15) is 64.3 Å². The molecular weight excluding hydrogens is 935 g/mol. The highest BCUT2D eigenvalue weighted by molar-refractivity contribution is 5.81. The number of carbonyl (C=O) groups excluding carboxylic acids is 5. The number of nitrogens with two attached hydrogens (primary N) is 1. The molecule has 1 saturated carbocycles. The summed E-state index contributed by atoms with van der Waals surface area (Å²) in [7, 11) is 1.32. The van der Waals surface area contributed by atoms with Crippen molar-refractivity contribution in [1.82, 2.24) is 31.5 Å². The Morgan fingerprint density at radius 1 is 0.761 bits per heavy atom. The number of carbonyl (C=O) groups is 5. The normalized spacial score (nSPS) is 28.7. The third-order valence-electron chi connectivity index (χ3n) is 10.9. The first-order valence-electron chi connectivity index (χ1n) is 24.3. The van der Waals surface area contributed by atoms with Gasteiger partial charge in [0.15, 0.2) is 6.29 Å². The number of amides is 5. The average Bonchev–Trinajstić information content (AvgIpc) is 3.19. The lowest BCUT2D eigenvalue weighted by Gasteiger charge is -2.50. The van der Waals surface area contributed by atoms with Crippen LogP contribution in [-0.2, 0) is 42.7 Å². The number of nitrogens with zero attached hydrogens (tertiary/aromatic N) is 1. The van der Waals surface area contributed by atoms with Crippen molar-refractivity contribution < 1.29 is 82.3 Å².